The molecule has 0 aromatic carbocycles. The smallest absolute Gasteiger partial charge is 0.0825 e. The van der Waals surface area contributed by atoms with Crippen molar-refractivity contribution in [3.8, 4) is 0 Å². The SMILES string of the molecule is CN1CCN(C[C@@H]2CCC[C@@]3(CCN(Cc4cccnc4)C3)O2)CC1. The third kappa shape index (κ3) is 4.40. The predicted molar refractivity (Wildman–Crippen MR) is 99.5 cm³/mol. The second-order valence-electron chi connectivity index (χ2n) is 8.24. The highest BCUT2D eigenvalue weighted by Gasteiger charge is 2.43. The normalized spacial score (nSPS) is 32.4. The van der Waals surface area contributed by atoms with E-state index in [1.54, 1.807) is 0 Å². The van der Waals surface area contributed by atoms with Gasteiger partial charge < -0.3 is 9.64 Å². The van der Waals surface area contributed by atoms with Crippen LogP contribution in [-0.4, -0.2) is 84.2 Å². The van der Waals surface area contributed by atoms with Crippen molar-refractivity contribution in [1.29, 1.82) is 0 Å². The fourth-order valence-corrected chi connectivity index (χ4v) is 4.68. The molecule has 25 heavy (non-hydrogen) atoms. The average molecular weight is 345 g/mol. The van der Waals surface area contributed by atoms with Crippen LogP contribution in [0.5, 0.6) is 0 Å². The van der Waals surface area contributed by atoms with Gasteiger partial charge in [0.05, 0.1) is 11.7 Å². The lowest BCUT2D eigenvalue weighted by atomic mass is 9.90. The summed E-state index contributed by atoms with van der Waals surface area (Å²) >= 11 is 0. The zero-order valence-corrected chi connectivity index (χ0v) is 15.6. The molecule has 0 N–H and O–H groups in total. The van der Waals surface area contributed by atoms with Gasteiger partial charge in [0.1, 0.15) is 0 Å². The Morgan fingerprint density at radius 1 is 1.16 bits per heavy atom. The molecule has 2 atom stereocenters. The van der Waals surface area contributed by atoms with E-state index in [4.69, 9.17) is 4.74 Å². The van der Waals surface area contributed by atoms with Crippen molar-refractivity contribution < 1.29 is 4.74 Å². The van der Waals surface area contributed by atoms with E-state index in [9.17, 15) is 0 Å². The number of likely N-dealkylation sites (N-methyl/N-ethyl adjacent to an activating group) is 1. The Balaban J connectivity index is 1.30. The first-order chi connectivity index (χ1) is 12.2. The third-order valence-corrected chi connectivity index (χ3v) is 6.16. The van der Waals surface area contributed by atoms with Crippen molar-refractivity contribution in [2.24, 2.45) is 0 Å². The van der Waals surface area contributed by atoms with Gasteiger partial charge in [-0.2, -0.15) is 0 Å². The highest BCUT2D eigenvalue weighted by atomic mass is 16.5. The largest absolute Gasteiger partial charge is 0.369 e. The number of pyridine rings is 1. The fourth-order valence-electron chi connectivity index (χ4n) is 4.68. The molecular formula is C20H32N4O. The summed E-state index contributed by atoms with van der Waals surface area (Å²) in [7, 11) is 2.22. The molecule has 1 spiro atoms. The lowest BCUT2D eigenvalue weighted by Crippen LogP contribution is -2.51. The van der Waals surface area contributed by atoms with E-state index in [0.717, 1.165) is 26.2 Å². The van der Waals surface area contributed by atoms with Crippen molar-refractivity contribution >= 4 is 0 Å². The number of ether oxygens (including phenoxy) is 1. The Bertz CT molecular complexity index is 546. The Hall–Kier alpha value is -1.01. The van der Waals surface area contributed by atoms with Gasteiger partial charge >= 0.3 is 0 Å². The summed E-state index contributed by atoms with van der Waals surface area (Å²) < 4.78 is 6.72. The van der Waals surface area contributed by atoms with E-state index in [2.05, 4.69) is 32.8 Å². The minimum Gasteiger partial charge on any atom is -0.369 e. The maximum atomic E-state index is 6.72. The van der Waals surface area contributed by atoms with E-state index in [1.165, 1.54) is 57.4 Å². The molecule has 0 unspecified atom stereocenters. The summed E-state index contributed by atoms with van der Waals surface area (Å²) in [5.74, 6) is 0. The van der Waals surface area contributed by atoms with Crippen LogP contribution in [-0.2, 0) is 11.3 Å². The summed E-state index contributed by atoms with van der Waals surface area (Å²) in [5.41, 5.74) is 1.42. The van der Waals surface area contributed by atoms with Crippen LogP contribution in [0.25, 0.3) is 0 Å². The van der Waals surface area contributed by atoms with Crippen LogP contribution in [0.3, 0.4) is 0 Å². The summed E-state index contributed by atoms with van der Waals surface area (Å²) in [5, 5.41) is 0. The summed E-state index contributed by atoms with van der Waals surface area (Å²) in [6.45, 7) is 9.12. The molecule has 4 heterocycles. The van der Waals surface area contributed by atoms with E-state index < -0.39 is 0 Å². The number of rotatable bonds is 4. The van der Waals surface area contributed by atoms with E-state index >= 15 is 0 Å². The van der Waals surface area contributed by atoms with Crippen LogP contribution in [0, 0.1) is 0 Å². The number of hydrogen-bond acceptors (Lipinski definition) is 5. The van der Waals surface area contributed by atoms with Crippen molar-refractivity contribution in [1.82, 2.24) is 19.7 Å². The van der Waals surface area contributed by atoms with Gasteiger partial charge in [0, 0.05) is 64.8 Å². The maximum absolute atomic E-state index is 6.72. The molecule has 3 fully saturated rings. The zero-order chi connectivity index (χ0) is 17.1. The zero-order valence-electron chi connectivity index (χ0n) is 15.6. The van der Waals surface area contributed by atoms with Gasteiger partial charge in [0.15, 0.2) is 0 Å². The lowest BCUT2D eigenvalue weighted by molar-refractivity contribution is -0.130. The van der Waals surface area contributed by atoms with Gasteiger partial charge in [0.2, 0.25) is 0 Å². The molecule has 138 valence electrons. The third-order valence-electron chi connectivity index (χ3n) is 6.16. The van der Waals surface area contributed by atoms with Gasteiger partial charge in [-0.15, -0.1) is 0 Å². The molecule has 0 bridgehead atoms. The minimum absolute atomic E-state index is 0.109. The molecular weight excluding hydrogens is 312 g/mol. The monoisotopic (exact) mass is 344 g/mol. The number of aromatic nitrogens is 1. The van der Waals surface area contributed by atoms with Crippen molar-refractivity contribution in [2.45, 2.75) is 43.9 Å². The minimum atomic E-state index is 0.109. The van der Waals surface area contributed by atoms with E-state index in [0.29, 0.717) is 6.10 Å². The topological polar surface area (TPSA) is 31.8 Å². The molecule has 5 heteroatoms. The highest BCUT2D eigenvalue weighted by molar-refractivity contribution is 5.09. The predicted octanol–water partition coefficient (Wildman–Crippen LogP) is 1.84. The maximum Gasteiger partial charge on any atom is 0.0825 e. The molecule has 1 aromatic heterocycles. The van der Waals surface area contributed by atoms with Crippen molar-refractivity contribution in [3.05, 3.63) is 30.1 Å². The molecule has 4 rings (SSSR count). The van der Waals surface area contributed by atoms with Gasteiger partial charge in [-0.05, 0) is 44.4 Å². The second-order valence-corrected chi connectivity index (χ2v) is 8.24. The molecule has 3 saturated heterocycles. The first kappa shape index (κ1) is 17.4. The van der Waals surface area contributed by atoms with Crippen LogP contribution >= 0.6 is 0 Å². The number of piperazine rings is 1. The number of hydrogen-bond donors (Lipinski definition) is 0. The van der Waals surface area contributed by atoms with E-state index in [1.807, 2.05) is 18.5 Å². The molecule has 0 aliphatic carbocycles. The Kier molecular flexibility index (Phi) is 5.36. The molecule has 5 nitrogen and oxygen atoms in total. The summed E-state index contributed by atoms with van der Waals surface area (Å²) in [4.78, 5) is 11.8. The van der Waals surface area contributed by atoms with Gasteiger partial charge in [-0.3, -0.25) is 14.8 Å². The standard InChI is InChI=1S/C20H32N4O/c1-22-10-12-23(13-11-22)16-19-5-2-6-20(25-19)7-9-24(17-20)15-18-4-3-8-21-14-18/h3-4,8,14,19H,2,5-7,9-13,15-17H2,1H3/t19-,20-/m0/s1. The van der Waals surface area contributed by atoms with Gasteiger partial charge in [-0.25, -0.2) is 0 Å². The molecule has 1 aromatic rings. The van der Waals surface area contributed by atoms with Crippen LogP contribution in [0.2, 0.25) is 0 Å². The second kappa shape index (κ2) is 7.70. The van der Waals surface area contributed by atoms with Crippen molar-refractivity contribution in [2.75, 3.05) is 52.9 Å². The van der Waals surface area contributed by atoms with Crippen molar-refractivity contribution in [3.63, 3.8) is 0 Å². The Morgan fingerprint density at radius 3 is 2.84 bits per heavy atom. The lowest BCUT2D eigenvalue weighted by Gasteiger charge is -2.42. The quantitative estimate of drug-likeness (QED) is 0.832. The Morgan fingerprint density at radius 2 is 2.04 bits per heavy atom. The number of nitrogens with zero attached hydrogens (tertiary/aromatic N) is 4. The fraction of sp³-hybridized carbons (Fsp3) is 0.750. The van der Waals surface area contributed by atoms with E-state index in [-0.39, 0.29) is 5.60 Å². The molecule has 3 aliphatic heterocycles. The highest BCUT2D eigenvalue weighted by Crippen LogP contribution is 2.37. The molecule has 0 saturated carbocycles. The van der Waals surface area contributed by atoms with Crippen LogP contribution in [0.4, 0.5) is 0 Å². The number of likely N-dealkylation sites (tertiary alicyclic amines) is 1. The summed E-state index contributed by atoms with van der Waals surface area (Å²) in [6.07, 6.45) is 9.24. The van der Waals surface area contributed by atoms with Gasteiger partial charge in [0.25, 0.3) is 0 Å². The van der Waals surface area contributed by atoms with Crippen LogP contribution in [0.1, 0.15) is 31.2 Å². The summed E-state index contributed by atoms with van der Waals surface area (Å²) in [6, 6.07) is 4.21. The molecule has 0 radical (unpaired) electrons. The first-order valence-corrected chi connectivity index (χ1v) is 9.91. The van der Waals surface area contributed by atoms with Crippen LogP contribution in [0.15, 0.2) is 24.5 Å². The van der Waals surface area contributed by atoms with Crippen LogP contribution < -0.4 is 0 Å². The first-order valence-electron chi connectivity index (χ1n) is 9.91. The Labute approximate surface area is 152 Å². The average Bonchev–Trinajstić information content (AvgIpc) is 3.00. The van der Waals surface area contributed by atoms with Gasteiger partial charge in [-0.1, -0.05) is 6.07 Å². The molecule has 3 aliphatic rings. The molecule has 0 amide bonds.